The van der Waals surface area contributed by atoms with E-state index in [1.807, 2.05) is 36.8 Å². The average Bonchev–Trinajstić information content (AvgIpc) is 2.59. The number of anilines is 2. The Morgan fingerprint density at radius 3 is 2.44 bits per heavy atom. The van der Waals surface area contributed by atoms with Gasteiger partial charge in [0, 0.05) is 9.79 Å². The molecule has 0 heterocycles. The first-order valence-electron chi connectivity index (χ1n) is 7.40. The van der Waals surface area contributed by atoms with E-state index in [1.165, 1.54) is 23.5 Å². The van der Waals surface area contributed by atoms with E-state index < -0.39 is 10.0 Å². The predicted molar refractivity (Wildman–Crippen MR) is 107 cm³/mol. The van der Waals surface area contributed by atoms with E-state index >= 15 is 0 Å². The standard InChI is InChI=1S/C17H20N2O3S3/c1-23-14-8-6-7-13(11-14)19(25(3,21)22)12-17(20)18-15-9-4-5-10-16(15)24-2/h4-11H,12H2,1-3H3,(H,18,20). The Labute approximate surface area is 157 Å². The summed E-state index contributed by atoms with van der Waals surface area (Å²) < 4.78 is 25.5. The molecule has 25 heavy (non-hydrogen) atoms. The molecule has 2 aromatic rings. The van der Waals surface area contributed by atoms with Gasteiger partial charge >= 0.3 is 0 Å². The van der Waals surface area contributed by atoms with Gasteiger partial charge in [0.1, 0.15) is 6.54 Å². The molecule has 0 aromatic heterocycles. The van der Waals surface area contributed by atoms with Crippen LogP contribution in [0, 0.1) is 0 Å². The van der Waals surface area contributed by atoms with Crippen molar-refractivity contribution in [1.82, 2.24) is 0 Å². The number of hydrogen-bond donors (Lipinski definition) is 1. The van der Waals surface area contributed by atoms with Crippen LogP contribution in [0.4, 0.5) is 11.4 Å². The molecular weight excluding hydrogens is 376 g/mol. The van der Waals surface area contributed by atoms with Crippen LogP contribution in [0.5, 0.6) is 0 Å². The lowest BCUT2D eigenvalue weighted by molar-refractivity contribution is -0.114. The lowest BCUT2D eigenvalue weighted by Crippen LogP contribution is -2.37. The number of nitrogens with one attached hydrogen (secondary N) is 1. The van der Waals surface area contributed by atoms with Gasteiger partial charge < -0.3 is 5.32 Å². The van der Waals surface area contributed by atoms with Crippen molar-refractivity contribution in [1.29, 1.82) is 0 Å². The van der Waals surface area contributed by atoms with E-state index in [-0.39, 0.29) is 12.5 Å². The quantitative estimate of drug-likeness (QED) is 0.725. The molecule has 0 aliphatic heterocycles. The molecule has 134 valence electrons. The lowest BCUT2D eigenvalue weighted by atomic mass is 10.3. The molecule has 0 saturated carbocycles. The fourth-order valence-electron chi connectivity index (χ4n) is 2.23. The normalized spacial score (nSPS) is 11.2. The topological polar surface area (TPSA) is 66.5 Å². The van der Waals surface area contributed by atoms with Gasteiger partial charge in [-0.2, -0.15) is 0 Å². The summed E-state index contributed by atoms with van der Waals surface area (Å²) in [5.41, 5.74) is 1.15. The highest BCUT2D eigenvalue weighted by Crippen LogP contribution is 2.26. The second kappa shape index (κ2) is 8.64. The van der Waals surface area contributed by atoms with Gasteiger partial charge in [0.2, 0.25) is 15.9 Å². The van der Waals surface area contributed by atoms with Crippen molar-refractivity contribution in [2.45, 2.75) is 9.79 Å². The zero-order valence-electron chi connectivity index (χ0n) is 14.2. The fourth-order valence-corrected chi connectivity index (χ4v) is 4.09. The molecule has 0 aliphatic rings. The summed E-state index contributed by atoms with van der Waals surface area (Å²) in [6, 6.07) is 14.5. The molecule has 0 saturated heterocycles. The van der Waals surface area contributed by atoms with Gasteiger partial charge in [0.15, 0.2) is 0 Å². The Morgan fingerprint density at radius 1 is 1.08 bits per heavy atom. The molecule has 0 fully saturated rings. The van der Waals surface area contributed by atoms with Crippen LogP contribution in [-0.2, 0) is 14.8 Å². The number of carbonyl (C=O) groups excluding carboxylic acids is 1. The summed E-state index contributed by atoms with van der Waals surface area (Å²) >= 11 is 3.03. The monoisotopic (exact) mass is 396 g/mol. The Balaban J connectivity index is 2.24. The Morgan fingerprint density at radius 2 is 1.80 bits per heavy atom. The summed E-state index contributed by atoms with van der Waals surface area (Å²) in [6.07, 6.45) is 4.93. The van der Waals surface area contributed by atoms with E-state index in [0.717, 1.165) is 20.4 Å². The minimum atomic E-state index is -3.59. The molecule has 8 heteroatoms. The highest BCUT2D eigenvalue weighted by Gasteiger charge is 2.21. The second-order valence-corrected chi connectivity index (χ2v) is 8.85. The Kier molecular flexibility index (Phi) is 6.80. The SMILES string of the molecule is CSc1cccc(N(CC(=O)Nc2ccccc2SC)S(C)(=O)=O)c1. The second-order valence-electron chi connectivity index (χ2n) is 5.22. The van der Waals surface area contributed by atoms with Crippen molar-refractivity contribution in [2.75, 3.05) is 34.9 Å². The van der Waals surface area contributed by atoms with Crippen LogP contribution in [0.3, 0.4) is 0 Å². The van der Waals surface area contributed by atoms with Gasteiger partial charge in [0.05, 0.1) is 17.6 Å². The number of para-hydroxylation sites is 1. The molecule has 2 aromatic carbocycles. The van der Waals surface area contributed by atoms with Gasteiger partial charge in [-0.25, -0.2) is 8.42 Å². The summed E-state index contributed by atoms with van der Waals surface area (Å²) in [7, 11) is -3.59. The van der Waals surface area contributed by atoms with E-state index in [2.05, 4.69) is 5.32 Å². The molecule has 0 bridgehead atoms. The van der Waals surface area contributed by atoms with Crippen molar-refractivity contribution in [2.24, 2.45) is 0 Å². The van der Waals surface area contributed by atoms with Gasteiger partial charge in [0.25, 0.3) is 0 Å². The van der Waals surface area contributed by atoms with Crippen LogP contribution in [0.25, 0.3) is 0 Å². The molecule has 0 spiro atoms. The van der Waals surface area contributed by atoms with Crippen LogP contribution < -0.4 is 9.62 Å². The first-order chi connectivity index (χ1) is 11.8. The number of nitrogens with zero attached hydrogens (tertiary/aromatic N) is 1. The van der Waals surface area contributed by atoms with Crippen LogP contribution >= 0.6 is 23.5 Å². The lowest BCUT2D eigenvalue weighted by Gasteiger charge is -2.22. The third-order valence-corrected chi connectivity index (χ3v) is 6.07. The molecule has 1 amide bonds. The summed E-state index contributed by atoms with van der Waals surface area (Å²) in [4.78, 5) is 14.3. The van der Waals surface area contributed by atoms with Gasteiger partial charge in [-0.3, -0.25) is 9.10 Å². The number of benzene rings is 2. The van der Waals surface area contributed by atoms with Crippen LogP contribution in [0.1, 0.15) is 0 Å². The number of rotatable bonds is 7. The number of hydrogen-bond acceptors (Lipinski definition) is 5. The highest BCUT2D eigenvalue weighted by molar-refractivity contribution is 7.99. The largest absolute Gasteiger partial charge is 0.323 e. The van der Waals surface area contributed by atoms with Crippen LogP contribution in [0.2, 0.25) is 0 Å². The molecule has 0 unspecified atom stereocenters. The number of carbonyl (C=O) groups is 1. The van der Waals surface area contributed by atoms with Gasteiger partial charge in [-0.1, -0.05) is 18.2 Å². The maximum absolute atomic E-state index is 12.4. The van der Waals surface area contributed by atoms with Crippen molar-refractivity contribution in [3.05, 3.63) is 48.5 Å². The molecule has 0 atom stereocenters. The molecular formula is C17H20N2O3S3. The van der Waals surface area contributed by atoms with Crippen LogP contribution in [-0.4, -0.2) is 39.6 Å². The predicted octanol–water partition coefficient (Wildman–Crippen LogP) is 3.54. The summed E-state index contributed by atoms with van der Waals surface area (Å²) in [5.74, 6) is -0.388. The molecule has 0 radical (unpaired) electrons. The third kappa shape index (κ3) is 5.42. The number of amides is 1. The smallest absolute Gasteiger partial charge is 0.245 e. The zero-order valence-corrected chi connectivity index (χ0v) is 16.7. The Bertz CT molecular complexity index is 854. The molecule has 1 N–H and O–H groups in total. The zero-order chi connectivity index (χ0) is 18.4. The van der Waals surface area contributed by atoms with Gasteiger partial charge in [-0.05, 0) is 42.8 Å². The minimum Gasteiger partial charge on any atom is -0.323 e. The fraction of sp³-hybridized carbons (Fsp3) is 0.235. The van der Waals surface area contributed by atoms with E-state index in [9.17, 15) is 13.2 Å². The average molecular weight is 397 g/mol. The molecule has 5 nitrogen and oxygen atoms in total. The van der Waals surface area contributed by atoms with E-state index in [0.29, 0.717) is 11.4 Å². The molecule has 0 aliphatic carbocycles. The maximum Gasteiger partial charge on any atom is 0.245 e. The summed E-state index contributed by atoms with van der Waals surface area (Å²) in [5, 5.41) is 2.79. The first-order valence-corrected chi connectivity index (χ1v) is 11.7. The Hall–Kier alpha value is -1.64. The third-order valence-electron chi connectivity index (χ3n) is 3.41. The van der Waals surface area contributed by atoms with Crippen molar-refractivity contribution < 1.29 is 13.2 Å². The van der Waals surface area contributed by atoms with Crippen LogP contribution in [0.15, 0.2) is 58.3 Å². The number of thioether (sulfide) groups is 2. The van der Waals surface area contributed by atoms with E-state index in [1.54, 1.807) is 24.3 Å². The van der Waals surface area contributed by atoms with Crippen molar-refractivity contribution in [3.8, 4) is 0 Å². The first kappa shape index (κ1) is 19.7. The molecule has 2 rings (SSSR count). The van der Waals surface area contributed by atoms with Crippen molar-refractivity contribution >= 4 is 50.8 Å². The van der Waals surface area contributed by atoms with Gasteiger partial charge in [-0.15, -0.1) is 23.5 Å². The van der Waals surface area contributed by atoms with E-state index in [4.69, 9.17) is 0 Å². The number of sulfonamides is 1. The highest BCUT2D eigenvalue weighted by atomic mass is 32.2. The minimum absolute atomic E-state index is 0.278. The maximum atomic E-state index is 12.4. The van der Waals surface area contributed by atoms with Crippen molar-refractivity contribution in [3.63, 3.8) is 0 Å². The summed E-state index contributed by atoms with van der Waals surface area (Å²) in [6.45, 7) is -0.278.